The summed E-state index contributed by atoms with van der Waals surface area (Å²) in [6, 6.07) is 7.62. The third-order valence-electron chi connectivity index (χ3n) is 3.65. The quantitative estimate of drug-likeness (QED) is 0.688. The second-order valence-corrected chi connectivity index (χ2v) is 6.65. The van der Waals surface area contributed by atoms with Crippen LogP contribution in [0.1, 0.15) is 31.2 Å². The van der Waals surface area contributed by atoms with Crippen LogP contribution in [-0.4, -0.2) is 12.6 Å². The van der Waals surface area contributed by atoms with Gasteiger partial charge in [0.1, 0.15) is 0 Å². The molecule has 0 aromatic heterocycles. The Labute approximate surface area is 120 Å². The molecule has 2 saturated carbocycles. The molecule has 0 spiro atoms. The van der Waals surface area contributed by atoms with Crippen molar-refractivity contribution in [3.63, 3.8) is 0 Å². The van der Waals surface area contributed by atoms with Crippen LogP contribution in [0, 0.1) is 5.92 Å². The number of hydrogen-bond acceptors (Lipinski definition) is 1. The lowest BCUT2D eigenvalue weighted by atomic mass is 10.2. The Morgan fingerprint density at radius 2 is 1.94 bits per heavy atom. The van der Waals surface area contributed by atoms with Gasteiger partial charge in [-0.2, -0.15) is 0 Å². The lowest BCUT2D eigenvalue weighted by molar-refractivity contribution is 0.718. The Morgan fingerprint density at radius 3 is 2.47 bits per heavy atom. The van der Waals surface area contributed by atoms with E-state index >= 15 is 0 Å². The van der Waals surface area contributed by atoms with E-state index in [1.807, 2.05) is 0 Å². The predicted octanol–water partition coefficient (Wildman–Crippen LogP) is 4.72. The zero-order valence-electron chi connectivity index (χ0n) is 9.83. The van der Waals surface area contributed by atoms with Crippen molar-refractivity contribution >= 4 is 37.5 Å². The summed E-state index contributed by atoms with van der Waals surface area (Å²) >= 11 is 7.19. The van der Waals surface area contributed by atoms with Crippen molar-refractivity contribution in [3.05, 3.63) is 28.2 Å². The van der Waals surface area contributed by atoms with Gasteiger partial charge >= 0.3 is 0 Å². The van der Waals surface area contributed by atoms with Crippen LogP contribution in [0.2, 0.25) is 0 Å². The average Bonchev–Trinajstić information content (AvgIpc) is 3.17. The van der Waals surface area contributed by atoms with Gasteiger partial charge in [0.25, 0.3) is 0 Å². The molecule has 3 rings (SSSR count). The van der Waals surface area contributed by atoms with E-state index in [0.29, 0.717) is 0 Å². The van der Waals surface area contributed by atoms with Crippen LogP contribution in [0.5, 0.6) is 0 Å². The molecule has 1 aromatic carbocycles. The summed E-state index contributed by atoms with van der Waals surface area (Å²) < 4.78 is 1.23. The van der Waals surface area contributed by atoms with E-state index in [1.54, 1.807) is 0 Å². The average molecular weight is 359 g/mol. The molecule has 17 heavy (non-hydrogen) atoms. The second-order valence-electron chi connectivity index (χ2n) is 5.24. The number of benzene rings is 1. The zero-order valence-corrected chi connectivity index (χ0v) is 13.0. The minimum absolute atomic E-state index is 0.817. The number of rotatable bonds is 5. The summed E-state index contributed by atoms with van der Waals surface area (Å²) in [5.41, 5.74) is 2.73. The van der Waals surface area contributed by atoms with Crippen LogP contribution in [0.15, 0.2) is 22.7 Å². The highest BCUT2D eigenvalue weighted by Crippen LogP contribution is 2.38. The highest BCUT2D eigenvalue weighted by Gasteiger charge is 2.33. The molecule has 0 radical (unpaired) electrons. The van der Waals surface area contributed by atoms with Crippen molar-refractivity contribution in [2.75, 3.05) is 11.4 Å². The minimum Gasteiger partial charge on any atom is -0.368 e. The number of nitrogens with zero attached hydrogens (tertiary/aromatic N) is 1. The summed E-state index contributed by atoms with van der Waals surface area (Å²) in [4.78, 5) is 2.63. The Morgan fingerprint density at radius 1 is 1.18 bits per heavy atom. The SMILES string of the molecule is BrCc1ccc(N(CC2CC2)C2CC2)cc1Br. The van der Waals surface area contributed by atoms with Crippen molar-refractivity contribution in [1.29, 1.82) is 0 Å². The third kappa shape index (κ3) is 2.87. The molecular formula is C14H17Br2N. The van der Waals surface area contributed by atoms with E-state index < -0.39 is 0 Å². The zero-order chi connectivity index (χ0) is 11.8. The highest BCUT2D eigenvalue weighted by molar-refractivity contribution is 9.10. The first kappa shape index (κ1) is 12.0. The first-order valence-corrected chi connectivity index (χ1v) is 8.30. The maximum atomic E-state index is 3.67. The molecule has 3 heteroatoms. The number of hydrogen-bond donors (Lipinski definition) is 0. The van der Waals surface area contributed by atoms with E-state index in [4.69, 9.17) is 0 Å². The lowest BCUT2D eigenvalue weighted by Gasteiger charge is -2.25. The first-order chi connectivity index (χ1) is 8.28. The summed E-state index contributed by atoms with van der Waals surface area (Å²) in [6.07, 6.45) is 5.63. The fourth-order valence-electron chi connectivity index (χ4n) is 2.25. The van der Waals surface area contributed by atoms with E-state index in [9.17, 15) is 0 Å². The van der Waals surface area contributed by atoms with Gasteiger partial charge in [0.15, 0.2) is 0 Å². The fraction of sp³-hybridized carbons (Fsp3) is 0.571. The monoisotopic (exact) mass is 357 g/mol. The second kappa shape index (κ2) is 4.93. The van der Waals surface area contributed by atoms with Gasteiger partial charge in [-0.05, 0) is 49.3 Å². The minimum atomic E-state index is 0.817. The van der Waals surface area contributed by atoms with Crippen LogP contribution in [0.3, 0.4) is 0 Å². The van der Waals surface area contributed by atoms with E-state index in [-0.39, 0.29) is 0 Å². The smallest absolute Gasteiger partial charge is 0.0380 e. The largest absolute Gasteiger partial charge is 0.368 e. The van der Waals surface area contributed by atoms with Crippen LogP contribution < -0.4 is 4.90 Å². The molecule has 1 aromatic rings. The van der Waals surface area contributed by atoms with Crippen molar-refractivity contribution in [3.8, 4) is 0 Å². The molecule has 1 nitrogen and oxygen atoms in total. The van der Waals surface area contributed by atoms with Gasteiger partial charge in [0, 0.05) is 28.1 Å². The van der Waals surface area contributed by atoms with Gasteiger partial charge in [-0.1, -0.05) is 37.9 Å². The first-order valence-electron chi connectivity index (χ1n) is 6.39. The Kier molecular flexibility index (Phi) is 3.49. The van der Waals surface area contributed by atoms with Crippen LogP contribution >= 0.6 is 31.9 Å². The molecular weight excluding hydrogens is 342 g/mol. The maximum Gasteiger partial charge on any atom is 0.0380 e. The number of alkyl halides is 1. The summed E-state index contributed by atoms with van der Waals surface area (Å²) in [5, 5.41) is 0.917. The molecule has 92 valence electrons. The molecule has 2 aliphatic rings. The Balaban J connectivity index is 1.81. The van der Waals surface area contributed by atoms with Gasteiger partial charge < -0.3 is 4.90 Å². The third-order valence-corrected chi connectivity index (χ3v) is 4.99. The van der Waals surface area contributed by atoms with Crippen molar-refractivity contribution in [2.45, 2.75) is 37.1 Å². The molecule has 2 aliphatic carbocycles. The lowest BCUT2D eigenvalue weighted by Crippen LogP contribution is -2.27. The van der Waals surface area contributed by atoms with Crippen LogP contribution in [-0.2, 0) is 5.33 Å². The van der Waals surface area contributed by atoms with Gasteiger partial charge in [0.05, 0.1) is 0 Å². The maximum absolute atomic E-state index is 3.67. The number of halogens is 2. The summed E-state index contributed by atoms with van der Waals surface area (Å²) in [7, 11) is 0. The highest BCUT2D eigenvalue weighted by atomic mass is 79.9. The molecule has 0 heterocycles. The molecule has 0 unspecified atom stereocenters. The normalized spacial score (nSPS) is 19.4. The molecule has 2 fully saturated rings. The molecule has 0 atom stereocenters. The van der Waals surface area contributed by atoms with E-state index in [1.165, 1.54) is 48.0 Å². The Hall–Kier alpha value is -0.0200. The standard InChI is InChI=1S/C14H17Br2N/c15-8-11-3-4-13(7-14(11)16)17(12-5-6-12)9-10-1-2-10/h3-4,7,10,12H,1-2,5-6,8-9H2. The van der Waals surface area contributed by atoms with Gasteiger partial charge in [-0.3, -0.25) is 0 Å². The molecule has 0 saturated heterocycles. The van der Waals surface area contributed by atoms with Crippen molar-refractivity contribution in [2.24, 2.45) is 5.92 Å². The topological polar surface area (TPSA) is 3.24 Å². The fourth-order valence-corrected chi connectivity index (χ4v) is 3.63. The molecule has 0 aliphatic heterocycles. The van der Waals surface area contributed by atoms with Crippen LogP contribution in [0.25, 0.3) is 0 Å². The van der Waals surface area contributed by atoms with Gasteiger partial charge in [-0.15, -0.1) is 0 Å². The van der Waals surface area contributed by atoms with Gasteiger partial charge in [-0.25, -0.2) is 0 Å². The summed E-state index contributed by atoms with van der Waals surface area (Å²) in [6.45, 7) is 1.27. The summed E-state index contributed by atoms with van der Waals surface area (Å²) in [5.74, 6) is 0.963. The van der Waals surface area contributed by atoms with E-state index in [2.05, 4.69) is 55.0 Å². The molecule has 0 bridgehead atoms. The predicted molar refractivity (Wildman–Crippen MR) is 79.9 cm³/mol. The molecule has 0 N–H and O–H groups in total. The van der Waals surface area contributed by atoms with Crippen molar-refractivity contribution < 1.29 is 0 Å². The van der Waals surface area contributed by atoms with Crippen molar-refractivity contribution in [1.82, 2.24) is 0 Å². The van der Waals surface area contributed by atoms with Crippen LogP contribution in [0.4, 0.5) is 5.69 Å². The Bertz CT molecular complexity index is 411. The van der Waals surface area contributed by atoms with Gasteiger partial charge in [0.2, 0.25) is 0 Å². The number of anilines is 1. The molecule has 0 amide bonds. The van der Waals surface area contributed by atoms with E-state index in [0.717, 1.165) is 17.3 Å².